The van der Waals surface area contributed by atoms with Crippen molar-refractivity contribution in [2.75, 3.05) is 13.1 Å². The molecular formula is C10H20N2O2. The van der Waals surface area contributed by atoms with E-state index in [2.05, 4.69) is 10.6 Å². The van der Waals surface area contributed by atoms with Crippen molar-refractivity contribution in [3.63, 3.8) is 0 Å². The lowest BCUT2D eigenvalue weighted by atomic mass is 10.2. The van der Waals surface area contributed by atoms with E-state index >= 15 is 0 Å². The van der Waals surface area contributed by atoms with Crippen molar-refractivity contribution in [1.29, 1.82) is 0 Å². The molecule has 0 saturated heterocycles. The number of rotatable bonds is 5. The van der Waals surface area contributed by atoms with Crippen LogP contribution < -0.4 is 10.6 Å². The van der Waals surface area contributed by atoms with Crippen LogP contribution >= 0.6 is 0 Å². The minimum absolute atomic E-state index is 0.0394. The summed E-state index contributed by atoms with van der Waals surface area (Å²) in [6, 6.07) is 0.385. The third-order valence-electron chi connectivity index (χ3n) is 2.45. The molecule has 0 aliphatic heterocycles. The Kier molecular flexibility index (Phi) is 4.90. The van der Waals surface area contributed by atoms with Gasteiger partial charge >= 0.3 is 0 Å². The number of hydrogen-bond donors (Lipinski definition) is 3. The van der Waals surface area contributed by atoms with Crippen molar-refractivity contribution in [2.45, 2.75) is 44.8 Å². The Labute approximate surface area is 85.1 Å². The molecule has 82 valence electrons. The van der Waals surface area contributed by atoms with Crippen molar-refractivity contribution in [2.24, 2.45) is 0 Å². The molecule has 1 aliphatic carbocycles. The molecule has 4 nitrogen and oxygen atoms in total. The maximum absolute atomic E-state index is 11.3. The normalized spacial score (nSPS) is 19.6. The Hall–Kier alpha value is -0.610. The van der Waals surface area contributed by atoms with Crippen LogP contribution in [0, 0.1) is 0 Å². The molecule has 3 N–H and O–H groups in total. The fraction of sp³-hybridized carbons (Fsp3) is 0.900. The minimum Gasteiger partial charge on any atom is -0.392 e. The Morgan fingerprint density at radius 1 is 1.50 bits per heavy atom. The second-order valence-electron chi connectivity index (χ2n) is 4.03. The van der Waals surface area contributed by atoms with Crippen LogP contribution in [0.3, 0.4) is 0 Å². The monoisotopic (exact) mass is 200 g/mol. The van der Waals surface area contributed by atoms with Gasteiger partial charge in [0, 0.05) is 12.6 Å². The van der Waals surface area contributed by atoms with Gasteiger partial charge in [0.2, 0.25) is 5.91 Å². The van der Waals surface area contributed by atoms with E-state index in [-0.39, 0.29) is 5.91 Å². The molecule has 0 heterocycles. The van der Waals surface area contributed by atoms with Gasteiger partial charge in [-0.25, -0.2) is 0 Å². The third-order valence-corrected chi connectivity index (χ3v) is 2.45. The predicted molar refractivity (Wildman–Crippen MR) is 54.9 cm³/mol. The zero-order valence-electron chi connectivity index (χ0n) is 8.75. The second-order valence-corrected chi connectivity index (χ2v) is 4.03. The molecule has 0 spiro atoms. The number of carbonyl (C=O) groups excluding carboxylic acids is 1. The number of nitrogens with one attached hydrogen (secondary N) is 2. The van der Waals surface area contributed by atoms with Gasteiger partial charge in [0.25, 0.3) is 0 Å². The first-order valence-electron chi connectivity index (χ1n) is 5.36. The van der Waals surface area contributed by atoms with E-state index in [1.807, 2.05) is 0 Å². The van der Waals surface area contributed by atoms with Gasteiger partial charge in [0.05, 0.1) is 12.6 Å². The van der Waals surface area contributed by atoms with Crippen molar-refractivity contribution in [3.05, 3.63) is 0 Å². The first kappa shape index (κ1) is 11.5. The summed E-state index contributed by atoms with van der Waals surface area (Å²) in [7, 11) is 0. The Morgan fingerprint density at radius 2 is 2.14 bits per heavy atom. The molecule has 1 unspecified atom stereocenters. The molecule has 0 aromatic rings. The highest BCUT2D eigenvalue weighted by Gasteiger charge is 2.16. The summed E-state index contributed by atoms with van der Waals surface area (Å²) in [6.07, 6.45) is 4.29. The molecule has 1 rings (SSSR count). The van der Waals surface area contributed by atoms with Gasteiger partial charge in [0.1, 0.15) is 0 Å². The van der Waals surface area contributed by atoms with Crippen molar-refractivity contribution in [3.8, 4) is 0 Å². The first-order chi connectivity index (χ1) is 6.68. The van der Waals surface area contributed by atoms with Gasteiger partial charge in [-0.2, -0.15) is 0 Å². The topological polar surface area (TPSA) is 61.4 Å². The Morgan fingerprint density at radius 3 is 2.71 bits per heavy atom. The largest absolute Gasteiger partial charge is 0.392 e. The summed E-state index contributed by atoms with van der Waals surface area (Å²) in [5.74, 6) is 0.0394. The van der Waals surface area contributed by atoms with E-state index in [1.165, 1.54) is 12.8 Å². The quantitative estimate of drug-likeness (QED) is 0.586. The molecule has 1 amide bonds. The predicted octanol–water partition coefficient (Wildman–Crippen LogP) is 0.0156. The van der Waals surface area contributed by atoms with Crippen LogP contribution in [-0.4, -0.2) is 36.2 Å². The molecule has 1 saturated carbocycles. The maximum Gasteiger partial charge on any atom is 0.234 e. The highest BCUT2D eigenvalue weighted by molar-refractivity contribution is 5.78. The molecule has 0 radical (unpaired) electrons. The van der Waals surface area contributed by atoms with Gasteiger partial charge in [0.15, 0.2) is 0 Å². The van der Waals surface area contributed by atoms with Crippen LogP contribution in [0.15, 0.2) is 0 Å². The van der Waals surface area contributed by atoms with Crippen LogP contribution in [-0.2, 0) is 4.79 Å². The van der Waals surface area contributed by atoms with E-state index in [0.29, 0.717) is 19.1 Å². The lowest BCUT2D eigenvalue weighted by Gasteiger charge is -2.12. The molecule has 0 aromatic heterocycles. The smallest absolute Gasteiger partial charge is 0.234 e. The fourth-order valence-electron chi connectivity index (χ4n) is 1.74. The summed E-state index contributed by atoms with van der Waals surface area (Å²) in [5.41, 5.74) is 0. The van der Waals surface area contributed by atoms with E-state index < -0.39 is 6.10 Å². The molecule has 1 atom stereocenters. The number of aliphatic hydroxyl groups is 1. The number of amides is 1. The summed E-state index contributed by atoms with van der Waals surface area (Å²) in [6.45, 7) is 2.47. The molecule has 1 fully saturated rings. The number of aliphatic hydroxyl groups excluding tert-OH is 1. The maximum atomic E-state index is 11.3. The molecule has 1 aliphatic rings. The second kappa shape index (κ2) is 5.98. The number of hydrogen-bond acceptors (Lipinski definition) is 3. The van der Waals surface area contributed by atoms with Crippen LogP contribution in [0.2, 0.25) is 0 Å². The summed E-state index contributed by atoms with van der Waals surface area (Å²) in [4.78, 5) is 11.3. The molecule has 0 aromatic carbocycles. The van der Waals surface area contributed by atoms with Crippen molar-refractivity contribution < 1.29 is 9.90 Å². The minimum atomic E-state index is -0.394. The zero-order valence-corrected chi connectivity index (χ0v) is 8.75. The van der Waals surface area contributed by atoms with Gasteiger partial charge < -0.3 is 15.7 Å². The van der Waals surface area contributed by atoms with Crippen LogP contribution in [0.25, 0.3) is 0 Å². The molecule has 0 bridgehead atoms. The van der Waals surface area contributed by atoms with Crippen molar-refractivity contribution in [1.82, 2.24) is 10.6 Å². The van der Waals surface area contributed by atoms with Gasteiger partial charge in [-0.05, 0) is 19.8 Å². The zero-order chi connectivity index (χ0) is 10.4. The van der Waals surface area contributed by atoms with Gasteiger partial charge in [-0.1, -0.05) is 12.8 Å². The SMILES string of the molecule is CC(O)CNCC(=O)NC1CCCC1. The first-order valence-corrected chi connectivity index (χ1v) is 5.36. The van der Waals surface area contributed by atoms with Crippen LogP contribution in [0.4, 0.5) is 0 Å². The lowest BCUT2D eigenvalue weighted by molar-refractivity contribution is -0.120. The number of carbonyl (C=O) groups is 1. The summed E-state index contributed by atoms with van der Waals surface area (Å²) in [5, 5.41) is 14.8. The van der Waals surface area contributed by atoms with Crippen molar-refractivity contribution >= 4 is 5.91 Å². The Bertz CT molecular complexity index is 177. The molecule has 4 heteroatoms. The van der Waals surface area contributed by atoms with Gasteiger partial charge in [-0.15, -0.1) is 0 Å². The third kappa shape index (κ3) is 4.58. The van der Waals surface area contributed by atoms with Crippen LogP contribution in [0.5, 0.6) is 0 Å². The average Bonchev–Trinajstić information content (AvgIpc) is 2.56. The van der Waals surface area contributed by atoms with Crippen LogP contribution in [0.1, 0.15) is 32.6 Å². The van der Waals surface area contributed by atoms with Gasteiger partial charge in [-0.3, -0.25) is 4.79 Å². The van der Waals surface area contributed by atoms with E-state index in [4.69, 9.17) is 5.11 Å². The molecular weight excluding hydrogens is 180 g/mol. The highest BCUT2D eigenvalue weighted by Crippen LogP contribution is 2.17. The Balaban J connectivity index is 2.03. The summed E-state index contributed by atoms with van der Waals surface area (Å²) < 4.78 is 0. The highest BCUT2D eigenvalue weighted by atomic mass is 16.3. The fourth-order valence-corrected chi connectivity index (χ4v) is 1.74. The van der Waals surface area contributed by atoms with E-state index in [1.54, 1.807) is 6.92 Å². The van der Waals surface area contributed by atoms with E-state index in [0.717, 1.165) is 12.8 Å². The lowest BCUT2D eigenvalue weighted by Crippen LogP contribution is -2.40. The summed E-state index contributed by atoms with van der Waals surface area (Å²) >= 11 is 0. The van der Waals surface area contributed by atoms with E-state index in [9.17, 15) is 4.79 Å². The average molecular weight is 200 g/mol. The molecule has 14 heavy (non-hydrogen) atoms. The standard InChI is InChI=1S/C10H20N2O2/c1-8(13)6-11-7-10(14)12-9-4-2-3-5-9/h8-9,11,13H,2-7H2,1H3,(H,12,14).